The molecule has 0 atom stereocenters. The van der Waals surface area contributed by atoms with E-state index in [2.05, 4.69) is 31.1 Å². The van der Waals surface area contributed by atoms with Gasteiger partial charge in [-0.1, -0.05) is 20.8 Å². The van der Waals surface area contributed by atoms with Crippen LogP contribution in [0.1, 0.15) is 44.3 Å². The number of piperidine rings is 1. The third kappa shape index (κ3) is 3.67. The molecule has 0 unspecified atom stereocenters. The Morgan fingerprint density at radius 2 is 2.06 bits per heavy atom. The van der Waals surface area contributed by atoms with E-state index in [1.807, 2.05) is 0 Å². The molecule has 0 radical (unpaired) electrons. The number of nitrogens with zero attached hydrogens (tertiary/aromatic N) is 2. The minimum absolute atomic E-state index is 0.165. The maximum atomic E-state index is 6.11. The maximum absolute atomic E-state index is 6.11. The summed E-state index contributed by atoms with van der Waals surface area (Å²) in [6.45, 7) is 9.85. The average molecular weight is 273 g/mol. The van der Waals surface area contributed by atoms with Gasteiger partial charge in [-0.05, 0) is 25.9 Å². The zero-order chi connectivity index (χ0) is 12.5. The fourth-order valence-electron chi connectivity index (χ4n) is 1.98. The summed E-state index contributed by atoms with van der Waals surface area (Å²) in [7, 11) is 0. The first-order chi connectivity index (χ1) is 7.95. The summed E-state index contributed by atoms with van der Waals surface area (Å²) in [4.78, 5) is 7.20. The van der Waals surface area contributed by atoms with E-state index in [4.69, 9.17) is 16.6 Å². The number of hydrogen-bond acceptors (Lipinski definition) is 3. The smallest absolute Gasteiger partial charge is 0.107 e. The van der Waals surface area contributed by atoms with Crippen molar-refractivity contribution in [2.75, 3.05) is 13.1 Å². The van der Waals surface area contributed by atoms with Gasteiger partial charge in [0.05, 0.1) is 12.2 Å². The van der Waals surface area contributed by atoms with Crippen molar-refractivity contribution in [1.29, 1.82) is 0 Å². The van der Waals surface area contributed by atoms with Gasteiger partial charge in [0.25, 0.3) is 0 Å². The second-order valence-electron chi connectivity index (χ2n) is 5.83. The van der Waals surface area contributed by atoms with Crippen molar-refractivity contribution in [2.45, 2.75) is 50.9 Å². The first-order valence-electron chi connectivity index (χ1n) is 6.26. The van der Waals surface area contributed by atoms with Crippen molar-refractivity contribution < 1.29 is 0 Å². The Bertz CT molecular complexity index is 362. The van der Waals surface area contributed by atoms with E-state index in [0.29, 0.717) is 5.38 Å². The maximum Gasteiger partial charge on any atom is 0.107 e. The Labute approximate surface area is 113 Å². The lowest BCUT2D eigenvalue weighted by Crippen LogP contribution is -2.33. The Morgan fingerprint density at radius 1 is 1.41 bits per heavy atom. The number of halogens is 1. The van der Waals surface area contributed by atoms with Crippen LogP contribution in [0.4, 0.5) is 0 Å². The van der Waals surface area contributed by atoms with Gasteiger partial charge in [0.15, 0.2) is 0 Å². The van der Waals surface area contributed by atoms with E-state index in [1.54, 1.807) is 11.3 Å². The number of hydrogen-bond donors (Lipinski definition) is 0. The van der Waals surface area contributed by atoms with Crippen LogP contribution in [0.25, 0.3) is 0 Å². The van der Waals surface area contributed by atoms with Crippen LogP contribution in [0.15, 0.2) is 5.38 Å². The molecule has 1 aliphatic rings. The van der Waals surface area contributed by atoms with Crippen LogP contribution in [-0.2, 0) is 12.0 Å². The molecule has 96 valence electrons. The Morgan fingerprint density at radius 3 is 2.59 bits per heavy atom. The molecule has 1 aromatic rings. The molecule has 1 saturated heterocycles. The highest BCUT2D eigenvalue weighted by Crippen LogP contribution is 2.25. The minimum Gasteiger partial charge on any atom is -0.297 e. The van der Waals surface area contributed by atoms with Crippen molar-refractivity contribution in [2.24, 2.45) is 0 Å². The van der Waals surface area contributed by atoms with E-state index in [9.17, 15) is 0 Å². The van der Waals surface area contributed by atoms with Gasteiger partial charge >= 0.3 is 0 Å². The lowest BCUT2D eigenvalue weighted by Gasteiger charge is -2.28. The van der Waals surface area contributed by atoms with Gasteiger partial charge in [0.2, 0.25) is 0 Å². The van der Waals surface area contributed by atoms with Crippen molar-refractivity contribution >= 4 is 22.9 Å². The molecule has 1 aromatic heterocycles. The van der Waals surface area contributed by atoms with Gasteiger partial charge in [-0.2, -0.15) is 0 Å². The molecule has 0 bridgehead atoms. The van der Waals surface area contributed by atoms with E-state index in [0.717, 1.165) is 32.5 Å². The fraction of sp³-hybridized carbons (Fsp3) is 0.769. The van der Waals surface area contributed by atoms with Gasteiger partial charge in [-0.25, -0.2) is 4.98 Å². The summed E-state index contributed by atoms with van der Waals surface area (Å²) in [6, 6.07) is 0. The van der Waals surface area contributed by atoms with Gasteiger partial charge in [0, 0.05) is 16.2 Å². The van der Waals surface area contributed by atoms with Crippen LogP contribution in [0.5, 0.6) is 0 Å². The number of thiazole rings is 1. The van der Waals surface area contributed by atoms with Crippen LogP contribution in [0.2, 0.25) is 0 Å². The summed E-state index contributed by atoms with van der Waals surface area (Å²) in [5.41, 5.74) is 1.38. The fourth-order valence-corrected chi connectivity index (χ4v) is 3.24. The molecule has 1 aliphatic heterocycles. The average Bonchev–Trinajstić information content (AvgIpc) is 2.69. The third-order valence-corrected chi connectivity index (χ3v) is 4.47. The van der Waals surface area contributed by atoms with Crippen molar-refractivity contribution in [1.82, 2.24) is 9.88 Å². The first kappa shape index (κ1) is 13.3. The molecule has 0 aromatic carbocycles. The first-order valence-corrected chi connectivity index (χ1v) is 7.58. The predicted octanol–water partition coefficient (Wildman–Crippen LogP) is 3.64. The molecule has 0 spiro atoms. The second kappa shape index (κ2) is 5.25. The van der Waals surface area contributed by atoms with Gasteiger partial charge in [-0.15, -0.1) is 22.9 Å². The molecule has 0 saturated carbocycles. The Hall–Kier alpha value is -0.120. The highest BCUT2D eigenvalue weighted by atomic mass is 35.5. The van der Waals surface area contributed by atoms with E-state index < -0.39 is 0 Å². The molecule has 0 amide bonds. The number of aromatic nitrogens is 1. The second-order valence-corrected chi connectivity index (χ2v) is 7.39. The zero-order valence-electron chi connectivity index (χ0n) is 10.9. The highest BCUT2D eigenvalue weighted by Gasteiger charge is 2.20. The van der Waals surface area contributed by atoms with E-state index in [-0.39, 0.29) is 5.41 Å². The minimum atomic E-state index is 0.165. The molecule has 0 aliphatic carbocycles. The number of rotatable bonds is 2. The molecule has 2 heterocycles. The topological polar surface area (TPSA) is 16.1 Å². The molecule has 1 fully saturated rings. The lowest BCUT2D eigenvalue weighted by atomic mass is 9.93. The number of alkyl halides is 1. The van der Waals surface area contributed by atoms with Crippen LogP contribution in [0.3, 0.4) is 0 Å². The van der Waals surface area contributed by atoms with Gasteiger partial charge in [-0.3, -0.25) is 4.90 Å². The summed E-state index contributed by atoms with van der Waals surface area (Å²) in [5.74, 6) is 0. The molecular weight excluding hydrogens is 252 g/mol. The van der Waals surface area contributed by atoms with Crippen molar-refractivity contribution in [3.05, 3.63) is 16.1 Å². The Balaban J connectivity index is 1.93. The van der Waals surface area contributed by atoms with Crippen molar-refractivity contribution in [3.8, 4) is 0 Å². The van der Waals surface area contributed by atoms with E-state index >= 15 is 0 Å². The molecule has 2 rings (SSSR count). The van der Waals surface area contributed by atoms with Crippen LogP contribution in [0, 0.1) is 0 Å². The number of likely N-dealkylation sites (tertiary alicyclic amines) is 1. The summed E-state index contributed by atoms with van der Waals surface area (Å²) < 4.78 is 0. The Kier molecular flexibility index (Phi) is 4.11. The van der Waals surface area contributed by atoms with Crippen molar-refractivity contribution in [3.63, 3.8) is 0 Å². The largest absolute Gasteiger partial charge is 0.297 e. The molecule has 2 nitrogen and oxygen atoms in total. The summed E-state index contributed by atoms with van der Waals surface area (Å²) in [5, 5.41) is 3.82. The summed E-state index contributed by atoms with van der Waals surface area (Å²) >= 11 is 7.89. The SMILES string of the molecule is CC(C)(C)c1csc(CN2CCC(Cl)CC2)n1. The normalized spacial score (nSPS) is 19.8. The van der Waals surface area contributed by atoms with E-state index in [1.165, 1.54) is 10.7 Å². The molecule has 0 N–H and O–H groups in total. The lowest BCUT2D eigenvalue weighted by molar-refractivity contribution is 0.223. The standard InChI is InChI=1S/C13H21ClN2S/c1-13(2,3)11-9-17-12(15-11)8-16-6-4-10(14)5-7-16/h9-10H,4-8H2,1-3H3. The predicted molar refractivity (Wildman–Crippen MR) is 75.0 cm³/mol. The van der Waals surface area contributed by atoms with Crippen LogP contribution < -0.4 is 0 Å². The van der Waals surface area contributed by atoms with Gasteiger partial charge < -0.3 is 0 Å². The molecule has 17 heavy (non-hydrogen) atoms. The molecule has 4 heteroatoms. The quantitative estimate of drug-likeness (QED) is 0.764. The third-order valence-electron chi connectivity index (χ3n) is 3.20. The molecular formula is C13H21ClN2S. The van der Waals surface area contributed by atoms with Gasteiger partial charge in [0.1, 0.15) is 5.01 Å². The highest BCUT2D eigenvalue weighted by molar-refractivity contribution is 7.09. The van der Waals surface area contributed by atoms with Crippen LogP contribution >= 0.6 is 22.9 Å². The zero-order valence-corrected chi connectivity index (χ0v) is 12.4. The van der Waals surface area contributed by atoms with Crippen LogP contribution in [-0.4, -0.2) is 28.4 Å². The summed E-state index contributed by atoms with van der Waals surface area (Å²) in [6.07, 6.45) is 2.22. The monoisotopic (exact) mass is 272 g/mol.